The van der Waals surface area contributed by atoms with Crippen molar-refractivity contribution in [2.75, 3.05) is 20.1 Å². The second-order valence-electron chi connectivity index (χ2n) is 5.83. The molecule has 0 bridgehead atoms. The Morgan fingerprint density at radius 2 is 2.00 bits per heavy atom. The predicted octanol–water partition coefficient (Wildman–Crippen LogP) is 2.73. The molecule has 1 atom stereocenters. The number of rotatable bonds is 5. The van der Waals surface area contributed by atoms with Crippen molar-refractivity contribution < 1.29 is 13.2 Å². The van der Waals surface area contributed by atoms with Gasteiger partial charge in [0, 0.05) is 18.5 Å². The van der Waals surface area contributed by atoms with Gasteiger partial charge < -0.3 is 4.90 Å². The molecule has 1 aliphatic rings. The van der Waals surface area contributed by atoms with Crippen molar-refractivity contribution in [2.24, 2.45) is 0 Å². The molecule has 0 spiro atoms. The van der Waals surface area contributed by atoms with Crippen LogP contribution in [0.4, 0.5) is 0 Å². The summed E-state index contributed by atoms with van der Waals surface area (Å²) in [5, 5.41) is 2.00. The summed E-state index contributed by atoms with van der Waals surface area (Å²) in [6.07, 6.45) is 1.88. The highest BCUT2D eigenvalue weighted by Crippen LogP contribution is 2.34. The van der Waals surface area contributed by atoms with E-state index in [1.165, 1.54) is 7.05 Å². The highest BCUT2D eigenvalue weighted by molar-refractivity contribution is 7.89. The second kappa shape index (κ2) is 7.04. The van der Waals surface area contributed by atoms with Crippen LogP contribution in [0, 0.1) is 0 Å². The first-order valence-electron chi connectivity index (χ1n) is 7.84. The summed E-state index contributed by atoms with van der Waals surface area (Å²) in [5.41, 5.74) is 0. The summed E-state index contributed by atoms with van der Waals surface area (Å²) in [6, 6.07) is 12.3. The fraction of sp³-hybridized carbons (Fsp3) is 0.353. The highest BCUT2D eigenvalue weighted by atomic mass is 32.2. The van der Waals surface area contributed by atoms with E-state index in [4.69, 9.17) is 0 Å². The lowest BCUT2D eigenvalue weighted by Crippen LogP contribution is -2.40. The van der Waals surface area contributed by atoms with Gasteiger partial charge in [-0.2, -0.15) is 4.31 Å². The van der Waals surface area contributed by atoms with Gasteiger partial charge in [0.25, 0.3) is 0 Å². The van der Waals surface area contributed by atoms with Crippen LogP contribution in [0.3, 0.4) is 0 Å². The first-order chi connectivity index (χ1) is 11.5. The highest BCUT2D eigenvalue weighted by Gasteiger charge is 2.32. The van der Waals surface area contributed by atoms with Crippen LogP contribution in [-0.2, 0) is 14.8 Å². The lowest BCUT2D eigenvalue weighted by Gasteiger charge is -2.26. The third-order valence-corrected chi connectivity index (χ3v) is 7.05. The monoisotopic (exact) mass is 364 g/mol. The Labute approximate surface area is 146 Å². The van der Waals surface area contributed by atoms with Crippen molar-refractivity contribution in [3.05, 3.63) is 52.7 Å². The molecule has 0 unspecified atom stereocenters. The Bertz CT molecular complexity index is 789. The van der Waals surface area contributed by atoms with Gasteiger partial charge >= 0.3 is 0 Å². The van der Waals surface area contributed by atoms with E-state index in [-0.39, 0.29) is 23.4 Å². The van der Waals surface area contributed by atoms with Crippen molar-refractivity contribution >= 4 is 27.3 Å². The number of hydrogen-bond acceptors (Lipinski definition) is 4. The number of thiophene rings is 1. The fourth-order valence-electron chi connectivity index (χ4n) is 2.98. The zero-order valence-corrected chi connectivity index (χ0v) is 15.1. The first kappa shape index (κ1) is 17.1. The Morgan fingerprint density at radius 3 is 2.67 bits per heavy atom. The number of carbonyl (C=O) groups excluding carboxylic acids is 1. The van der Waals surface area contributed by atoms with Gasteiger partial charge in [-0.25, -0.2) is 8.42 Å². The molecule has 1 saturated heterocycles. The molecule has 3 rings (SSSR count). The molecule has 7 heteroatoms. The standard InChI is InChI=1S/C17H20N2O3S2/c1-18(24(21,22)14-7-3-2-4-8-14)13-17(20)19-11-5-9-15(19)16-10-6-12-23-16/h2-4,6-8,10,12,15H,5,9,11,13H2,1H3/t15-/m0/s1. The molecule has 1 amide bonds. The molecule has 24 heavy (non-hydrogen) atoms. The van der Waals surface area contributed by atoms with E-state index < -0.39 is 10.0 Å². The van der Waals surface area contributed by atoms with Crippen LogP contribution in [0.2, 0.25) is 0 Å². The van der Waals surface area contributed by atoms with E-state index in [9.17, 15) is 13.2 Å². The number of sulfonamides is 1. The van der Waals surface area contributed by atoms with E-state index in [0.29, 0.717) is 6.54 Å². The van der Waals surface area contributed by atoms with Crippen LogP contribution < -0.4 is 0 Å². The van der Waals surface area contributed by atoms with Gasteiger partial charge in [-0.05, 0) is 36.4 Å². The molecule has 2 heterocycles. The zero-order valence-electron chi connectivity index (χ0n) is 13.5. The third kappa shape index (κ3) is 3.38. The molecule has 5 nitrogen and oxygen atoms in total. The second-order valence-corrected chi connectivity index (χ2v) is 8.86. The van der Waals surface area contributed by atoms with Crippen molar-refractivity contribution in [1.82, 2.24) is 9.21 Å². The van der Waals surface area contributed by atoms with Crippen LogP contribution in [0.1, 0.15) is 23.8 Å². The number of likely N-dealkylation sites (tertiary alicyclic amines) is 1. The van der Waals surface area contributed by atoms with E-state index in [2.05, 4.69) is 0 Å². The first-order valence-corrected chi connectivity index (χ1v) is 10.2. The number of carbonyl (C=O) groups is 1. The average Bonchev–Trinajstić information content (AvgIpc) is 3.26. The number of likely N-dealkylation sites (N-methyl/N-ethyl adjacent to an activating group) is 1. The van der Waals surface area contributed by atoms with Crippen molar-refractivity contribution in [2.45, 2.75) is 23.8 Å². The molecule has 1 fully saturated rings. The van der Waals surface area contributed by atoms with Gasteiger partial charge in [0.15, 0.2) is 0 Å². The van der Waals surface area contributed by atoms with Crippen LogP contribution >= 0.6 is 11.3 Å². The number of benzene rings is 1. The van der Waals surface area contributed by atoms with Gasteiger partial charge in [0.1, 0.15) is 0 Å². The van der Waals surface area contributed by atoms with E-state index in [0.717, 1.165) is 22.0 Å². The molecular weight excluding hydrogens is 344 g/mol. The van der Waals surface area contributed by atoms with Crippen LogP contribution in [-0.4, -0.2) is 43.7 Å². The normalized spacial score (nSPS) is 18.2. The summed E-state index contributed by atoms with van der Waals surface area (Å²) in [4.78, 5) is 15.8. The predicted molar refractivity (Wildman–Crippen MR) is 94.3 cm³/mol. The van der Waals surface area contributed by atoms with Gasteiger partial charge in [-0.15, -0.1) is 11.3 Å². The Balaban J connectivity index is 1.72. The Morgan fingerprint density at radius 1 is 1.25 bits per heavy atom. The molecule has 1 aromatic carbocycles. The summed E-state index contributed by atoms with van der Waals surface area (Å²) in [6.45, 7) is 0.541. The SMILES string of the molecule is CN(CC(=O)N1CCC[C@H]1c1cccs1)S(=O)(=O)c1ccccc1. The minimum atomic E-state index is -3.65. The largest absolute Gasteiger partial charge is 0.334 e. The van der Waals surface area contributed by atoms with Gasteiger partial charge in [-0.3, -0.25) is 4.79 Å². The summed E-state index contributed by atoms with van der Waals surface area (Å²) < 4.78 is 26.2. The lowest BCUT2D eigenvalue weighted by molar-refractivity contribution is -0.132. The summed E-state index contributed by atoms with van der Waals surface area (Å²) in [5.74, 6) is -0.145. The summed E-state index contributed by atoms with van der Waals surface area (Å²) in [7, 11) is -2.19. The maximum absolute atomic E-state index is 12.7. The molecule has 1 aliphatic heterocycles. The average molecular weight is 364 g/mol. The van der Waals surface area contributed by atoms with E-state index in [1.54, 1.807) is 41.7 Å². The van der Waals surface area contributed by atoms with Crippen LogP contribution in [0.5, 0.6) is 0 Å². The molecular formula is C17H20N2O3S2. The topological polar surface area (TPSA) is 57.7 Å². The maximum Gasteiger partial charge on any atom is 0.243 e. The maximum atomic E-state index is 12.7. The molecule has 128 valence electrons. The Kier molecular flexibility index (Phi) is 5.03. The summed E-state index contributed by atoms with van der Waals surface area (Å²) >= 11 is 1.64. The number of amides is 1. The molecule has 0 N–H and O–H groups in total. The molecule has 0 radical (unpaired) electrons. The van der Waals surface area contributed by atoms with E-state index in [1.807, 2.05) is 22.4 Å². The van der Waals surface area contributed by atoms with Crippen molar-refractivity contribution in [1.29, 1.82) is 0 Å². The number of hydrogen-bond donors (Lipinski definition) is 0. The van der Waals surface area contributed by atoms with Gasteiger partial charge in [0.2, 0.25) is 15.9 Å². The van der Waals surface area contributed by atoms with Crippen LogP contribution in [0.25, 0.3) is 0 Å². The molecule has 1 aromatic heterocycles. The minimum absolute atomic E-state index is 0.0744. The van der Waals surface area contributed by atoms with Crippen molar-refractivity contribution in [3.8, 4) is 0 Å². The zero-order chi connectivity index (χ0) is 17.2. The van der Waals surface area contributed by atoms with Gasteiger partial charge in [-0.1, -0.05) is 24.3 Å². The Hall–Kier alpha value is -1.70. The molecule has 0 aliphatic carbocycles. The minimum Gasteiger partial charge on any atom is -0.334 e. The molecule has 2 aromatic rings. The smallest absolute Gasteiger partial charge is 0.243 e. The van der Waals surface area contributed by atoms with Gasteiger partial charge in [0.05, 0.1) is 17.5 Å². The van der Waals surface area contributed by atoms with Crippen molar-refractivity contribution in [3.63, 3.8) is 0 Å². The molecule has 0 saturated carbocycles. The number of nitrogens with zero attached hydrogens (tertiary/aromatic N) is 2. The fourth-order valence-corrected chi connectivity index (χ4v) is 5.00. The van der Waals surface area contributed by atoms with E-state index >= 15 is 0 Å². The third-order valence-electron chi connectivity index (χ3n) is 4.25. The quantitative estimate of drug-likeness (QED) is 0.820. The van der Waals surface area contributed by atoms with Crippen LogP contribution in [0.15, 0.2) is 52.7 Å². The lowest BCUT2D eigenvalue weighted by atomic mass is 10.2.